The first-order valence-electron chi connectivity index (χ1n) is 6.67. The van der Waals surface area contributed by atoms with Crippen molar-refractivity contribution in [1.82, 2.24) is 4.31 Å². The average molecular weight is 307 g/mol. The first-order valence-corrected chi connectivity index (χ1v) is 8.11. The number of hydrogen-bond acceptors (Lipinski definition) is 4. The minimum atomic E-state index is -3.69. The van der Waals surface area contributed by atoms with Gasteiger partial charge in [0.2, 0.25) is 15.9 Å². The molecule has 1 saturated heterocycles. The highest BCUT2D eigenvalue weighted by Gasteiger charge is 2.36. The van der Waals surface area contributed by atoms with Crippen LogP contribution in [0.5, 0.6) is 0 Å². The van der Waals surface area contributed by atoms with Crippen LogP contribution in [-0.2, 0) is 14.8 Å². The van der Waals surface area contributed by atoms with Crippen LogP contribution in [0, 0.1) is 17.2 Å². The standard InChI is InChI=1S/C14H17N3O3S/c1-10-2-5-12(14(16)18)9-17(10)21(19,20)13-6-3-11(8-15)4-7-13/h3-4,6-7,10,12H,2,5,9H2,1H3,(H2,16,18). The zero-order chi connectivity index (χ0) is 15.6. The monoisotopic (exact) mass is 307 g/mol. The Morgan fingerprint density at radius 1 is 1.33 bits per heavy atom. The Hall–Kier alpha value is -1.91. The lowest BCUT2D eigenvalue weighted by Crippen LogP contribution is -2.48. The number of rotatable bonds is 3. The highest BCUT2D eigenvalue weighted by atomic mass is 32.2. The van der Waals surface area contributed by atoms with Crippen LogP contribution in [0.2, 0.25) is 0 Å². The first kappa shape index (κ1) is 15.5. The molecule has 112 valence electrons. The predicted molar refractivity (Wildman–Crippen MR) is 76.4 cm³/mol. The van der Waals surface area contributed by atoms with Gasteiger partial charge in [0.15, 0.2) is 0 Å². The largest absolute Gasteiger partial charge is 0.369 e. The molecule has 0 saturated carbocycles. The second kappa shape index (κ2) is 5.84. The topological polar surface area (TPSA) is 104 Å². The summed E-state index contributed by atoms with van der Waals surface area (Å²) in [5.41, 5.74) is 5.70. The second-order valence-corrected chi connectivity index (χ2v) is 7.13. The fourth-order valence-corrected chi connectivity index (χ4v) is 4.19. The van der Waals surface area contributed by atoms with Gasteiger partial charge in [0.1, 0.15) is 0 Å². The van der Waals surface area contributed by atoms with Gasteiger partial charge < -0.3 is 5.73 Å². The number of nitriles is 1. The Bertz CT molecular complexity index is 676. The molecule has 0 aliphatic carbocycles. The zero-order valence-corrected chi connectivity index (χ0v) is 12.5. The SMILES string of the molecule is CC1CCC(C(N)=O)CN1S(=O)(=O)c1ccc(C#N)cc1. The molecule has 2 N–H and O–H groups in total. The minimum absolute atomic E-state index is 0.110. The van der Waals surface area contributed by atoms with E-state index in [4.69, 9.17) is 11.0 Å². The smallest absolute Gasteiger partial charge is 0.243 e. The van der Waals surface area contributed by atoms with E-state index < -0.39 is 21.8 Å². The minimum Gasteiger partial charge on any atom is -0.369 e. The normalized spacial score (nSPS) is 23.4. The molecule has 1 aromatic carbocycles. The Kier molecular flexibility index (Phi) is 4.30. The molecule has 1 heterocycles. The first-order chi connectivity index (χ1) is 9.86. The fraction of sp³-hybridized carbons (Fsp3) is 0.429. The number of piperidine rings is 1. The van der Waals surface area contributed by atoms with E-state index in [0.29, 0.717) is 18.4 Å². The van der Waals surface area contributed by atoms with Crippen LogP contribution < -0.4 is 5.73 Å². The number of nitrogens with two attached hydrogens (primary N) is 1. The van der Waals surface area contributed by atoms with Crippen molar-refractivity contribution in [3.63, 3.8) is 0 Å². The van der Waals surface area contributed by atoms with E-state index in [0.717, 1.165) is 0 Å². The van der Waals surface area contributed by atoms with Crippen LogP contribution in [0.25, 0.3) is 0 Å². The molecule has 2 unspecified atom stereocenters. The maximum absolute atomic E-state index is 12.7. The van der Waals surface area contributed by atoms with E-state index >= 15 is 0 Å². The molecule has 0 radical (unpaired) electrons. The zero-order valence-electron chi connectivity index (χ0n) is 11.7. The average Bonchev–Trinajstić information content (AvgIpc) is 2.47. The molecule has 0 bridgehead atoms. The van der Waals surface area contributed by atoms with Gasteiger partial charge in [0.25, 0.3) is 0 Å². The Morgan fingerprint density at radius 3 is 2.48 bits per heavy atom. The van der Waals surface area contributed by atoms with E-state index in [9.17, 15) is 13.2 Å². The van der Waals surface area contributed by atoms with Crippen molar-refractivity contribution in [2.24, 2.45) is 11.7 Å². The molecule has 1 aliphatic rings. The van der Waals surface area contributed by atoms with E-state index in [1.807, 2.05) is 13.0 Å². The molecular weight excluding hydrogens is 290 g/mol. The Labute approximate surface area is 124 Å². The molecule has 7 heteroatoms. The van der Waals surface area contributed by atoms with Crippen molar-refractivity contribution in [2.45, 2.75) is 30.7 Å². The van der Waals surface area contributed by atoms with Crippen molar-refractivity contribution in [3.8, 4) is 6.07 Å². The van der Waals surface area contributed by atoms with Crippen LogP contribution in [0.15, 0.2) is 29.2 Å². The van der Waals surface area contributed by atoms with Crippen molar-refractivity contribution in [2.75, 3.05) is 6.54 Å². The number of benzene rings is 1. The summed E-state index contributed by atoms with van der Waals surface area (Å²) in [6.45, 7) is 1.93. The van der Waals surface area contributed by atoms with E-state index in [1.165, 1.54) is 28.6 Å². The lowest BCUT2D eigenvalue weighted by atomic mass is 9.95. The molecule has 1 fully saturated rings. The quantitative estimate of drug-likeness (QED) is 0.893. The van der Waals surface area contributed by atoms with E-state index in [-0.39, 0.29) is 17.5 Å². The molecule has 0 aromatic heterocycles. The molecule has 6 nitrogen and oxygen atoms in total. The third kappa shape index (κ3) is 3.06. The van der Waals surface area contributed by atoms with Gasteiger partial charge in [-0.1, -0.05) is 0 Å². The summed E-state index contributed by atoms with van der Waals surface area (Å²) in [5, 5.41) is 8.76. The summed E-state index contributed by atoms with van der Waals surface area (Å²) in [6, 6.07) is 7.52. The van der Waals surface area contributed by atoms with Gasteiger partial charge in [-0.15, -0.1) is 0 Å². The highest BCUT2D eigenvalue weighted by molar-refractivity contribution is 7.89. The number of carbonyl (C=O) groups is 1. The lowest BCUT2D eigenvalue weighted by molar-refractivity contribution is -0.123. The van der Waals surface area contributed by atoms with Crippen molar-refractivity contribution in [1.29, 1.82) is 5.26 Å². The van der Waals surface area contributed by atoms with E-state index in [2.05, 4.69) is 0 Å². The van der Waals surface area contributed by atoms with Gasteiger partial charge in [-0.2, -0.15) is 9.57 Å². The summed E-state index contributed by atoms with van der Waals surface area (Å²) in [7, 11) is -3.69. The third-order valence-corrected chi connectivity index (χ3v) is 5.81. The summed E-state index contributed by atoms with van der Waals surface area (Å²) in [5.74, 6) is -0.920. The molecular formula is C14H17N3O3S. The van der Waals surface area contributed by atoms with Crippen molar-refractivity contribution < 1.29 is 13.2 Å². The molecule has 2 rings (SSSR count). The summed E-state index contributed by atoms with van der Waals surface area (Å²) >= 11 is 0. The molecule has 2 atom stereocenters. The van der Waals surface area contributed by atoms with Crippen molar-refractivity contribution >= 4 is 15.9 Å². The van der Waals surface area contributed by atoms with Crippen LogP contribution in [0.1, 0.15) is 25.3 Å². The highest BCUT2D eigenvalue weighted by Crippen LogP contribution is 2.28. The molecule has 1 aromatic rings. The number of primary amides is 1. The Morgan fingerprint density at radius 2 is 1.95 bits per heavy atom. The molecule has 1 amide bonds. The summed E-state index contributed by atoms with van der Waals surface area (Å²) in [4.78, 5) is 11.4. The van der Waals surface area contributed by atoms with Gasteiger partial charge in [-0.05, 0) is 44.0 Å². The summed E-state index contributed by atoms with van der Waals surface area (Å²) < 4.78 is 26.6. The maximum atomic E-state index is 12.7. The van der Waals surface area contributed by atoms with Gasteiger partial charge >= 0.3 is 0 Å². The number of carbonyl (C=O) groups excluding carboxylic acids is 1. The number of nitrogens with zero attached hydrogens (tertiary/aromatic N) is 2. The number of amides is 1. The van der Waals surface area contributed by atoms with E-state index in [1.54, 1.807) is 0 Å². The van der Waals surface area contributed by atoms with Crippen LogP contribution in [0.3, 0.4) is 0 Å². The second-order valence-electron chi connectivity index (χ2n) is 5.24. The fourth-order valence-electron chi connectivity index (χ4n) is 2.48. The third-order valence-electron chi connectivity index (χ3n) is 3.82. The molecule has 0 spiro atoms. The maximum Gasteiger partial charge on any atom is 0.243 e. The number of hydrogen-bond donors (Lipinski definition) is 1. The van der Waals surface area contributed by atoms with Gasteiger partial charge in [0, 0.05) is 12.6 Å². The Balaban J connectivity index is 2.32. The van der Waals surface area contributed by atoms with Crippen LogP contribution >= 0.6 is 0 Å². The number of sulfonamides is 1. The van der Waals surface area contributed by atoms with Crippen LogP contribution in [0.4, 0.5) is 0 Å². The van der Waals surface area contributed by atoms with Gasteiger partial charge in [-0.3, -0.25) is 4.79 Å². The molecule has 1 aliphatic heterocycles. The van der Waals surface area contributed by atoms with Crippen molar-refractivity contribution in [3.05, 3.63) is 29.8 Å². The lowest BCUT2D eigenvalue weighted by Gasteiger charge is -2.35. The van der Waals surface area contributed by atoms with Crippen LogP contribution in [-0.4, -0.2) is 31.2 Å². The van der Waals surface area contributed by atoms with Gasteiger partial charge in [0.05, 0.1) is 22.4 Å². The predicted octanol–water partition coefficient (Wildman–Crippen LogP) is 0.833. The van der Waals surface area contributed by atoms with Gasteiger partial charge in [-0.25, -0.2) is 8.42 Å². The molecule has 21 heavy (non-hydrogen) atoms. The summed E-state index contributed by atoms with van der Waals surface area (Å²) in [6.07, 6.45) is 1.21.